The van der Waals surface area contributed by atoms with Gasteiger partial charge in [0.25, 0.3) is 0 Å². The molecule has 3 aromatic rings. The predicted molar refractivity (Wildman–Crippen MR) is 122 cm³/mol. The Kier molecular flexibility index (Phi) is 5.53. The van der Waals surface area contributed by atoms with E-state index >= 15 is 0 Å². The van der Waals surface area contributed by atoms with Crippen LogP contribution in [0, 0.1) is 18.6 Å². The number of imidazole rings is 1. The molecule has 170 valence electrons. The molecule has 1 saturated heterocycles. The Bertz CT molecular complexity index is 1100. The maximum absolute atomic E-state index is 14.9. The molecule has 0 radical (unpaired) electrons. The third kappa shape index (κ3) is 4.37. The van der Waals surface area contributed by atoms with E-state index in [0.29, 0.717) is 5.82 Å². The van der Waals surface area contributed by atoms with E-state index in [0.717, 1.165) is 18.5 Å². The molecular weight excluding hydrogens is 410 g/mol. The summed E-state index contributed by atoms with van der Waals surface area (Å²) in [5.74, 6) is -1.19. The topological polar surface area (TPSA) is 58.9 Å². The highest BCUT2D eigenvalue weighted by Gasteiger charge is 2.39. The molecule has 0 aliphatic carbocycles. The summed E-state index contributed by atoms with van der Waals surface area (Å²) in [6.45, 7) is 10.6. The second-order valence-corrected chi connectivity index (χ2v) is 10.0. The number of halogens is 2. The molecule has 0 unspecified atom stereocenters. The van der Waals surface area contributed by atoms with Crippen molar-refractivity contribution in [2.45, 2.75) is 64.6 Å². The van der Waals surface area contributed by atoms with Gasteiger partial charge >= 0.3 is 0 Å². The lowest BCUT2D eigenvalue weighted by Gasteiger charge is -2.49. The number of nitrogens with zero attached hydrogens (tertiary/aromatic N) is 5. The highest BCUT2D eigenvalue weighted by molar-refractivity contribution is 5.62. The number of hydrogen-bond donors (Lipinski definition) is 1. The molecule has 1 aromatic carbocycles. The zero-order chi connectivity index (χ0) is 23.3. The van der Waals surface area contributed by atoms with E-state index in [1.807, 2.05) is 7.05 Å². The monoisotopic (exact) mass is 440 g/mol. The fourth-order valence-electron chi connectivity index (χ4n) is 4.86. The van der Waals surface area contributed by atoms with Crippen LogP contribution in [0.2, 0.25) is 0 Å². The van der Waals surface area contributed by atoms with Crippen molar-refractivity contribution < 1.29 is 8.78 Å². The minimum atomic E-state index is -0.953. The molecule has 8 heteroatoms. The van der Waals surface area contributed by atoms with Crippen LogP contribution in [-0.4, -0.2) is 43.7 Å². The number of benzene rings is 1. The SMILES string of the molecule is Cc1cn(-c2ccc(-c3cnc(N(C)C4CC(C)(C)NC(C)(C)C4)cn3)c(F)c2F)cn1. The summed E-state index contributed by atoms with van der Waals surface area (Å²) in [6, 6.07) is 3.33. The molecule has 0 saturated carbocycles. The van der Waals surface area contributed by atoms with Gasteiger partial charge in [0.15, 0.2) is 11.6 Å². The smallest absolute Gasteiger partial charge is 0.183 e. The van der Waals surface area contributed by atoms with Gasteiger partial charge in [-0.1, -0.05) is 0 Å². The Balaban J connectivity index is 1.58. The highest BCUT2D eigenvalue weighted by Crippen LogP contribution is 2.33. The first kappa shape index (κ1) is 22.3. The average Bonchev–Trinajstić information content (AvgIpc) is 3.13. The number of aryl methyl sites for hydroxylation is 1. The largest absolute Gasteiger partial charge is 0.355 e. The van der Waals surface area contributed by atoms with Gasteiger partial charge < -0.3 is 14.8 Å². The van der Waals surface area contributed by atoms with Gasteiger partial charge in [0.2, 0.25) is 0 Å². The summed E-state index contributed by atoms with van der Waals surface area (Å²) in [7, 11) is 2.01. The zero-order valence-electron chi connectivity index (χ0n) is 19.4. The van der Waals surface area contributed by atoms with Crippen LogP contribution in [0.4, 0.5) is 14.6 Å². The van der Waals surface area contributed by atoms with Crippen LogP contribution in [0.3, 0.4) is 0 Å². The number of aromatic nitrogens is 4. The van der Waals surface area contributed by atoms with Gasteiger partial charge in [-0.05, 0) is 59.6 Å². The molecule has 0 spiro atoms. The van der Waals surface area contributed by atoms with Crippen LogP contribution in [-0.2, 0) is 0 Å². The molecule has 1 fully saturated rings. The van der Waals surface area contributed by atoms with Crippen LogP contribution >= 0.6 is 0 Å². The summed E-state index contributed by atoms with van der Waals surface area (Å²) in [4.78, 5) is 15.1. The minimum absolute atomic E-state index is 0.00419. The van der Waals surface area contributed by atoms with E-state index < -0.39 is 11.6 Å². The van der Waals surface area contributed by atoms with Gasteiger partial charge in [0.05, 0.1) is 35.8 Å². The first-order valence-electron chi connectivity index (χ1n) is 10.8. The highest BCUT2D eigenvalue weighted by atomic mass is 19.2. The number of rotatable bonds is 4. The van der Waals surface area contributed by atoms with E-state index in [-0.39, 0.29) is 34.1 Å². The average molecular weight is 441 g/mol. The van der Waals surface area contributed by atoms with Crippen LogP contribution in [0.15, 0.2) is 37.1 Å². The van der Waals surface area contributed by atoms with Gasteiger partial charge in [-0.15, -0.1) is 0 Å². The van der Waals surface area contributed by atoms with E-state index in [9.17, 15) is 8.78 Å². The van der Waals surface area contributed by atoms with E-state index in [1.165, 1.54) is 29.2 Å². The Labute approximate surface area is 187 Å². The molecule has 1 N–H and O–H groups in total. The van der Waals surface area contributed by atoms with Crippen molar-refractivity contribution in [2.24, 2.45) is 0 Å². The normalized spacial score (nSPS) is 18.0. The second kappa shape index (κ2) is 7.92. The Morgan fingerprint density at radius 3 is 2.25 bits per heavy atom. The molecule has 0 atom stereocenters. The van der Waals surface area contributed by atoms with Crippen LogP contribution in [0.5, 0.6) is 0 Å². The summed E-state index contributed by atoms with van der Waals surface area (Å²) >= 11 is 0. The summed E-state index contributed by atoms with van der Waals surface area (Å²) in [6.07, 6.45) is 8.16. The molecule has 1 aliphatic rings. The van der Waals surface area contributed by atoms with Crippen molar-refractivity contribution in [2.75, 3.05) is 11.9 Å². The summed E-state index contributed by atoms with van der Waals surface area (Å²) in [5, 5.41) is 3.68. The molecule has 32 heavy (non-hydrogen) atoms. The summed E-state index contributed by atoms with van der Waals surface area (Å²) < 4.78 is 31.1. The maximum Gasteiger partial charge on any atom is 0.183 e. The molecule has 0 amide bonds. The quantitative estimate of drug-likeness (QED) is 0.639. The molecular formula is C24H30F2N6. The van der Waals surface area contributed by atoms with Crippen molar-refractivity contribution in [3.63, 3.8) is 0 Å². The van der Waals surface area contributed by atoms with Crippen molar-refractivity contribution in [3.8, 4) is 16.9 Å². The van der Waals surface area contributed by atoms with Gasteiger partial charge in [0.1, 0.15) is 5.82 Å². The fourth-order valence-corrected chi connectivity index (χ4v) is 4.86. The first-order valence-corrected chi connectivity index (χ1v) is 10.8. The number of piperidine rings is 1. The van der Waals surface area contributed by atoms with Crippen molar-refractivity contribution >= 4 is 5.82 Å². The third-order valence-electron chi connectivity index (χ3n) is 6.04. The molecule has 0 bridgehead atoms. The predicted octanol–water partition coefficient (Wildman–Crippen LogP) is 4.66. The fraction of sp³-hybridized carbons (Fsp3) is 0.458. The Morgan fingerprint density at radius 1 is 1.00 bits per heavy atom. The Morgan fingerprint density at radius 2 is 1.69 bits per heavy atom. The second-order valence-electron chi connectivity index (χ2n) is 10.0. The molecule has 1 aliphatic heterocycles. The summed E-state index contributed by atoms with van der Waals surface area (Å²) in [5.41, 5.74) is 1.20. The van der Waals surface area contributed by atoms with Gasteiger partial charge in [0, 0.05) is 35.9 Å². The number of hydrogen-bond acceptors (Lipinski definition) is 5. The van der Waals surface area contributed by atoms with Crippen molar-refractivity contribution in [1.29, 1.82) is 0 Å². The minimum Gasteiger partial charge on any atom is -0.355 e. The van der Waals surface area contributed by atoms with Crippen LogP contribution in [0.25, 0.3) is 16.9 Å². The third-order valence-corrected chi connectivity index (χ3v) is 6.04. The lowest BCUT2D eigenvalue weighted by atomic mass is 9.79. The molecule has 3 heterocycles. The maximum atomic E-state index is 14.9. The first-order chi connectivity index (χ1) is 15.0. The van der Waals surface area contributed by atoms with E-state index in [4.69, 9.17) is 0 Å². The van der Waals surface area contributed by atoms with Crippen LogP contribution < -0.4 is 10.2 Å². The molecule has 6 nitrogen and oxygen atoms in total. The lowest BCUT2D eigenvalue weighted by molar-refractivity contribution is 0.160. The number of nitrogens with one attached hydrogen (secondary N) is 1. The van der Waals surface area contributed by atoms with E-state index in [1.54, 1.807) is 19.3 Å². The van der Waals surface area contributed by atoms with Gasteiger partial charge in [-0.2, -0.15) is 0 Å². The standard InChI is InChI=1S/C24H30F2N6/c1-15-13-32(14-29-15)19-8-7-17(21(25)22(19)26)18-11-28-20(12-27-18)31(6)16-9-23(2,3)30-24(4,5)10-16/h7-8,11-14,16,30H,9-10H2,1-6H3. The molecule has 4 rings (SSSR count). The van der Waals surface area contributed by atoms with Crippen molar-refractivity contribution in [1.82, 2.24) is 24.8 Å². The zero-order valence-corrected chi connectivity index (χ0v) is 19.4. The molecule has 2 aromatic heterocycles. The van der Waals surface area contributed by atoms with Gasteiger partial charge in [-0.3, -0.25) is 4.98 Å². The van der Waals surface area contributed by atoms with Gasteiger partial charge in [-0.25, -0.2) is 18.7 Å². The van der Waals surface area contributed by atoms with E-state index in [2.05, 4.69) is 52.9 Å². The van der Waals surface area contributed by atoms with Crippen molar-refractivity contribution in [3.05, 3.63) is 54.4 Å². The Hall–Kier alpha value is -2.87. The number of anilines is 1. The lowest BCUT2D eigenvalue weighted by Crippen LogP contribution is -2.62. The van der Waals surface area contributed by atoms with Crippen LogP contribution in [0.1, 0.15) is 46.2 Å².